The first-order valence-corrected chi connectivity index (χ1v) is 8.33. The Balaban J connectivity index is 1.58. The van der Waals surface area contributed by atoms with E-state index >= 15 is 0 Å². The maximum absolute atomic E-state index is 3.64. The fraction of sp³-hybridized carbons (Fsp3) is 0.333. The van der Waals surface area contributed by atoms with Crippen molar-refractivity contribution in [1.29, 1.82) is 0 Å². The van der Waals surface area contributed by atoms with Crippen LogP contribution in [0.2, 0.25) is 0 Å². The molecule has 0 radical (unpaired) electrons. The third-order valence-electron chi connectivity index (χ3n) is 3.96. The summed E-state index contributed by atoms with van der Waals surface area (Å²) in [7, 11) is 0. The van der Waals surface area contributed by atoms with Crippen LogP contribution in [0.4, 0.5) is 0 Å². The molecule has 1 atom stereocenters. The van der Waals surface area contributed by atoms with Crippen LogP contribution in [0, 0.1) is 0 Å². The van der Waals surface area contributed by atoms with Gasteiger partial charge in [-0.2, -0.15) is 0 Å². The molecule has 110 valence electrons. The van der Waals surface area contributed by atoms with Gasteiger partial charge in [0.25, 0.3) is 0 Å². The first kappa shape index (κ1) is 14.8. The number of hydrogen-bond donors (Lipinski definition) is 1. The summed E-state index contributed by atoms with van der Waals surface area (Å²) >= 11 is 3.55. The first-order chi connectivity index (χ1) is 10.3. The molecular formula is C18H21BrN2. The molecule has 1 saturated heterocycles. The number of hydrogen-bond acceptors (Lipinski definition) is 2. The van der Waals surface area contributed by atoms with E-state index in [0.29, 0.717) is 6.04 Å². The van der Waals surface area contributed by atoms with Crippen LogP contribution in [0.1, 0.15) is 11.1 Å². The Hall–Kier alpha value is -1.16. The van der Waals surface area contributed by atoms with Crippen molar-refractivity contribution in [2.45, 2.75) is 19.0 Å². The minimum atomic E-state index is 0.549. The van der Waals surface area contributed by atoms with Gasteiger partial charge in [0, 0.05) is 36.7 Å². The van der Waals surface area contributed by atoms with E-state index in [1.807, 2.05) is 0 Å². The van der Waals surface area contributed by atoms with Gasteiger partial charge in [-0.05, 0) is 29.7 Å². The second kappa shape index (κ2) is 7.21. The average molecular weight is 345 g/mol. The van der Waals surface area contributed by atoms with E-state index in [9.17, 15) is 0 Å². The molecule has 1 N–H and O–H groups in total. The molecule has 0 bridgehead atoms. The van der Waals surface area contributed by atoms with Gasteiger partial charge in [0.05, 0.1) is 0 Å². The van der Waals surface area contributed by atoms with E-state index in [4.69, 9.17) is 0 Å². The molecule has 3 rings (SSSR count). The average Bonchev–Trinajstić information content (AvgIpc) is 2.49. The van der Waals surface area contributed by atoms with Crippen molar-refractivity contribution in [2.24, 2.45) is 0 Å². The molecule has 0 spiro atoms. The highest BCUT2D eigenvalue weighted by Gasteiger charge is 2.19. The zero-order valence-electron chi connectivity index (χ0n) is 12.1. The van der Waals surface area contributed by atoms with Crippen molar-refractivity contribution < 1.29 is 0 Å². The second-order valence-corrected chi connectivity index (χ2v) is 6.62. The van der Waals surface area contributed by atoms with E-state index in [1.165, 1.54) is 11.1 Å². The standard InChI is InChI=1S/C18H21BrN2/c19-17-8-4-7-16(11-17)13-21-10-9-20-18(14-21)12-15-5-2-1-3-6-15/h1-8,11,18,20H,9-10,12-14H2. The van der Waals surface area contributed by atoms with Gasteiger partial charge in [0.2, 0.25) is 0 Å². The predicted octanol–water partition coefficient (Wildman–Crippen LogP) is 3.47. The molecule has 1 aliphatic rings. The molecule has 0 aliphatic carbocycles. The van der Waals surface area contributed by atoms with Crippen LogP contribution in [0.5, 0.6) is 0 Å². The Morgan fingerprint density at radius 1 is 1.05 bits per heavy atom. The molecule has 2 aromatic rings. The van der Waals surface area contributed by atoms with Crippen LogP contribution in [-0.4, -0.2) is 30.6 Å². The maximum Gasteiger partial charge on any atom is 0.0236 e. The fourth-order valence-electron chi connectivity index (χ4n) is 2.97. The molecule has 1 fully saturated rings. The van der Waals surface area contributed by atoms with Crippen LogP contribution < -0.4 is 5.32 Å². The summed E-state index contributed by atoms with van der Waals surface area (Å²) in [6.45, 7) is 4.34. The number of nitrogens with one attached hydrogen (secondary N) is 1. The lowest BCUT2D eigenvalue weighted by Crippen LogP contribution is -2.51. The van der Waals surface area contributed by atoms with E-state index < -0.39 is 0 Å². The monoisotopic (exact) mass is 344 g/mol. The summed E-state index contributed by atoms with van der Waals surface area (Å²) in [5.41, 5.74) is 2.80. The van der Waals surface area contributed by atoms with Crippen molar-refractivity contribution in [2.75, 3.05) is 19.6 Å². The Bertz CT molecular complexity index is 570. The molecule has 1 heterocycles. The van der Waals surface area contributed by atoms with Crippen LogP contribution in [0.3, 0.4) is 0 Å². The van der Waals surface area contributed by atoms with Gasteiger partial charge < -0.3 is 5.32 Å². The van der Waals surface area contributed by atoms with Gasteiger partial charge in [-0.25, -0.2) is 0 Å². The van der Waals surface area contributed by atoms with Gasteiger partial charge >= 0.3 is 0 Å². The van der Waals surface area contributed by atoms with E-state index in [-0.39, 0.29) is 0 Å². The lowest BCUT2D eigenvalue weighted by atomic mass is 10.0. The van der Waals surface area contributed by atoms with Gasteiger partial charge in [0.1, 0.15) is 0 Å². The van der Waals surface area contributed by atoms with Crippen molar-refractivity contribution in [3.63, 3.8) is 0 Å². The highest BCUT2D eigenvalue weighted by Crippen LogP contribution is 2.15. The summed E-state index contributed by atoms with van der Waals surface area (Å²) in [5, 5.41) is 3.64. The minimum absolute atomic E-state index is 0.549. The molecule has 0 saturated carbocycles. The van der Waals surface area contributed by atoms with E-state index in [2.05, 4.69) is 80.7 Å². The van der Waals surface area contributed by atoms with Gasteiger partial charge in [-0.15, -0.1) is 0 Å². The number of piperazine rings is 1. The molecule has 1 unspecified atom stereocenters. The summed E-state index contributed by atoms with van der Waals surface area (Å²) < 4.78 is 1.16. The third kappa shape index (κ3) is 4.40. The zero-order chi connectivity index (χ0) is 14.5. The predicted molar refractivity (Wildman–Crippen MR) is 91.4 cm³/mol. The molecule has 0 aromatic heterocycles. The molecule has 2 nitrogen and oxygen atoms in total. The Morgan fingerprint density at radius 3 is 2.67 bits per heavy atom. The largest absolute Gasteiger partial charge is 0.311 e. The Labute approximate surface area is 135 Å². The van der Waals surface area contributed by atoms with Gasteiger partial charge in [0.15, 0.2) is 0 Å². The topological polar surface area (TPSA) is 15.3 Å². The lowest BCUT2D eigenvalue weighted by molar-refractivity contribution is 0.192. The van der Waals surface area contributed by atoms with Crippen molar-refractivity contribution >= 4 is 15.9 Å². The molecule has 21 heavy (non-hydrogen) atoms. The van der Waals surface area contributed by atoms with Crippen LogP contribution in [0.25, 0.3) is 0 Å². The van der Waals surface area contributed by atoms with E-state index in [1.54, 1.807) is 0 Å². The minimum Gasteiger partial charge on any atom is -0.311 e. The maximum atomic E-state index is 3.64. The van der Waals surface area contributed by atoms with E-state index in [0.717, 1.165) is 37.1 Å². The molecule has 3 heteroatoms. The van der Waals surface area contributed by atoms with Gasteiger partial charge in [-0.1, -0.05) is 58.4 Å². The van der Waals surface area contributed by atoms with Crippen LogP contribution in [0.15, 0.2) is 59.1 Å². The number of rotatable bonds is 4. The van der Waals surface area contributed by atoms with Gasteiger partial charge in [-0.3, -0.25) is 4.90 Å². The summed E-state index contributed by atoms with van der Waals surface area (Å²) in [6, 6.07) is 19.9. The number of halogens is 1. The normalized spacial score (nSPS) is 19.6. The first-order valence-electron chi connectivity index (χ1n) is 7.54. The zero-order valence-corrected chi connectivity index (χ0v) is 13.7. The van der Waals surface area contributed by atoms with Crippen LogP contribution in [-0.2, 0) is 13.0 Å². The summed E-state index contributed by atoms with van der Waals surface area (Å²) in [5.74, 6) is 0. The quantitative estimate of drug-likeness (QED) is 0.913. The highest BCUT2D eigenvalue weighted by molar-refractivity contribution is 9.10. The second-order valence-electron chi connectivity index (χ2n) is 5.71. The summed E-state index contributed by atoms with van der Waals surface area (Å²) in [4.78, 5) is 2.55. The Kier molecular flexibility index (Phi) is 5.07. The third-order valence-corrected chi connectivity index (χ3v) is 4.45. The molecular weight excluding hydrogens is 324 g/mol. The van der Waals surface area contributed by atoms with Crippen molar-refractivity contribution in [3.05, 3.63) is 70.2 Å². The number of nitrogens with zero attached hydrogens (tertiary/aromatic N) is 1. The molecule has 0 amide bonds. The van der Waals surface area contributed by atoms with Crippen molar-refractivity contribution in [3.8, 4) is 0 Å². The lowest BCUT2D eigenvalue weighted by Gasteiger charge is -2.34. The smallest absolute Gasteiger partial charge is 0.0236 e. The molecule has 1 aliphatic heterocycles. The van der Waals surface area contributed by atoms with Crippen LogP contribution >= 0.6 is 15.9 Å². The molecule has 2 aromatic carbocycles. The SMILES string of the molecule is Brc1cccc(CN2CCNC(Cc3ccccc3)C2)c1. The highest BCUT2D eigenvalue weighted by atomic mass is 79.9. The number of benzene rings is 2. The van der Waals surface area contributed by atoms with Crippen molar-refractivity contribution in [1.82, 2.24) is 10.2 Å². The summed E-state index contributed by atoms with van der Waals surface area (Å²) in [6.07, 6.45) is 1.11. The fourth-order valence-corrected chi connectivity index (χ4v) is 3.41. The Morgan fingerprint density at radius 2 is 1.86 bits per heavy atom.